The van der Waals surface area contributed by atoms with Gasteiger partial charge in [0.2, 0.25) is 0 Å². The molecule has 0 amide bonds. The maximum atomic E-state index is 9.63. The Morgan fingerprint density at radius 3 is 2.50 bits per heavy atom. The first-order valence-electron chi connectivity index (χ1n) is 4.83. The van der Waals surface area contributed by atoms with Gasteiger partial charge in [0.05, 0.1) is 6.04 Å². The molecule has 1 unspecified atom stereocenters. The van der Waals surface area contributed by atoms with E-state index in [2.05, 4.69) is 4.98 Å². The standard InChI is InChI=1S/C12H11ClN2O/c13-9-5-3-8(4-6-9)11(14)12-10(16)2-1-7-15-12/h1-7,11,16H,14H2. The summed E-state index contributed by atoms with van der Waals surface area (Å²) in [5, 5.41) is 10.3. The molecule has 1 atom stereocenters. The Bertz CT molecular complexity index is 485. The van der Waals surface area contributed by atoms with Gasteiger partial charge in [-0.15, -0.1) is 0 Å². The first-order chi connectivity index (χ1) is 7.68. The zero-order chi connectivity index (χ0) is 11.5. The third-order valence-corrected chi connectivity index (χ3v) is 2.59. The molecule has 0 aliphatic heterocycles. The van der Waals surface area contributed by atoms with Crippen molar-refractivity contribution >= 4 is 11.6 Å². The molecular formula is C12H11ClN2O. The Balaban J connectivity index is 2.35. The second-order valence-electron chi connectivity index (χ2n) is 3.44. The molecule has 0 aliphatic rings. The van der Waals surface area contributed by atoms with Gasteiger partial charge in [0, 0.05) is 11.2 Å². The number of aromatic nitrogens is 1. The summed E-state index contributed by atoms with van der Waals surface area (Å²) in [5.74, 6) is 0.102. The van der Waals surface area contributed by atoms with Gasteiger partial charge in [0.25, 0.3) is 0 Å². The van der Waals surface area contributed by atoms with Gasteiger partial charge in [-0.05, 0) is 29.8 Å². The van der Waals surface area contributed by atoms with Crippen LogP contribution in [0.25, 0.3) is 0 Å². The van der Waals surface area contributed by atoms with Crippen LogP contribution in [0.3, 0.4) is 0 Å². The van der Waals surface area contributed by atoms with E-state index in [0.717, 1.165) is 5.56 Å². The molecule has 0 bridgehead atoms. The van der Waals surface area contributed by atoms with E-state index in [4.69, 9.17) is 17.3 Å². The highest BCUT2D eigenvalue weighted by atomic mass is 35.5. The molecule has 0 aliphatic carbocycles. The van der Waals surface area contributed by atoms with Crippen LogP contribution in [-0.4, -0.2) is 10.1 Å². The molecule has 3 nitrogen and oxygen atoms in total. The lowest BCUT2D eigenvalue weighted by Gasteiger charge is -2.12. The molecule has 3 N–H and O–H groups in total. The third-order valence-electron chi connectivity index (χ3n) is 2.34. The van der Waals surface area contributed by atoms with Gasteiger partial charge in [-0.3, -0.25) is 4.98 Å². The van der Waals surface area contributed by atoms with E-state index in [1.54, 1.807) is 30.5 Å². The van der Waals surface area contributed by atoms with Crippen LogP contribution in [-0.2, 0) is 0 Å². The second kappa shape index (κ2) is 4.51. The van der Waals surface area contributed by atoms with Crippen LogP contribution < -0.4 is 5.73 Å². The summed E-state index contributed by atoms with van der Waals surface area (Å²) in [6.07, 6.45) is 1.60. The Hall–Kier alpha value is -1.58. The lowest BCUT2D eigenvalue weighted by atomic mass is 10.0. The van der Waals surface area contributed by atoms with Crippen molar-refractivity contribution < 1.29 is 5.11 Å². The topological polar surface area (TPSA) is 59.1 Å². The van der Waals surface area contributed by atoms with Gasteiger partial charge in [-0.25, -0.2) is 0 Å². The summed E-state index contributed by atoms with van der Waals surface area (Å²) in [5.41, 5.74) is 7.32. The molecular weight excluding hydrogens is 224 g/mol. The maximum absolute atomic E-state index is 9.63. The number of nitrogens with two attached hydrogens (primary N) is 1. The van der Waals surface area contributed by atoms with Crippen LogP contribution in [0, 0.1) is 0 Å². The van der Waals surface area contributed by atoms with Crippen molar-refractivity contribution in [2.45, 2.75) is 6.04 Å². The minimum absolute atomic E-state index is 0.102. The molecule has 0 fully saturated rings. The van der Waals surface area contributed by atoms with E-state index >= 15 is 0 Å². The van der Waals surface area contributed by atoms with Crippen molar-refractivity contribution in [1.82, 2.24) is 4.98 Å². The highest BCUT2D eigenvalue weighted by Crippen LogP contribution is 2.25. The molecule has 4 heteroatoms. The molecule has 0 radical (unpaired) electrons. The highest BCUT2D eigenvalue weighted by molar-refractivity contribution is 6.30. The van der Waals surface area contributed by atoms with Crippen molar-refractivity contribution in [1.29, 1.82) is 0 Å². The molecule has 2 rings (SSSR count). The molecule has 1 aromatic heterocycles. The van der Waals surface area contributed by atoms with Crippen LogP contribution in [0.15, 0.2) is 42.6 Å². The molecule has 0 saturated carbocycles. The minimum atomic E-state index is -0.446. The fourth-order valence-corrected chi connectivity index (χ4v) is 1.60. The zero-order valence-electron chi connectivity index (χ0n) is 8.47. The Kier molecular flexibility index (Phi) is 3.08. The van der Waals surface area contributed by atoms with Gasteiger partial charge in [-0.2, -0.15) is 0 Å². The molecule has 1 aromatic carbocycles. The number of pyridine rings is 1. The smallest absolute Gasteiger partial charge is 0.139 e. The van der Waals surface area contributed by atoms with E-state index < -0.39 is 6.04 Å². The number of rotatable bonds is 2. The van der Waals surface area contributed by atoms with E-state index in [1.807, 2.05) is 12.1 Å². The van der Waals surface area contributed by atoms with E-state index in [9.17, 15) is 5.11 Å². The van der Waals surface area contributed by atoms with Gasteiger partial charge >= 0.3 is 0 Å². The summed E-state index contributed by atoms with van der Waals surface area (Å²) in [6, 6.07) is 9.94. The van der Waals surface area contributed by atoms with E-state index in [0.29, 0.717) is 10.7 Å². The molecule has 0 saturated heterocycles. The molecule has 0 spiro atoms. The fourth-order valence-electron chi connectivity index (χ4n) is 1.48. The SMILES string of the molecule is NC(c1ccc(Cl)cc1)c1ncccc1O. The Morgan fingerprint density at radius 2 is 1.88 bits per heavy atom. The normalized spacial score (nSPS) is 12.4. The molecule has 16 heavy (non-hydrogen) atoms. The van der Waals surface area contributed by atoms with Crippen molar-refractivity contribution in [2.75, 3.05) is 0 Å². The number of benzene rings is 1. The summed E-state index contributed by atoms with van der Waals surface area (Å²) < 4.78 is 0. The van der Waals surface area contributed by atoms with Crippen LogP contribution in [0.5, 0.6) is 5.75 Å². The average molecular weight is 235 g/mol. The maximum Gasteiger partial charge on any atom is 0.139 e. The van der Waals surface area contributed by atoms with Crippen LogP contribution in [0.4, 0.5) is 0 Å². The van der Waals surface area contributed by atoms with Crippen LogP contribution >= 0.6 is 11.6 Å². The van der Waals surface area contributed by atoms with Gasteiger partial charge in [-0.1, -0.05) is 23.7 Å². The predicted molar refractivity (Wildman–Crippen MR) is 63.4 cm³/mol. The van der Waals surface area contributed by atoms with Crippen molar-refractivity contribution in [2.24, 2.45) is 5.73 Å². The van der Waals surface area contributed by atoms with E-state index in [1.165, 1.54) is 0 Å². The predicted octanol–water partition coefficient (Wildman–Crippen LogP) is 2.49. The largest absolute Gasteiger partial charge is 0.506 e. The van der Waals surface area contributed by atoms with Crippen molar-refractivity contribution in [3.8, 4) is 5.75 Å². The monoisotopic (exact) mass is 234 g/mol. The molecule has 1 heterocycles. The first-order valence-corrected chi connectivity index (χ1v) is 5.21. The number of hydrogen-bond acceptors (Lipinski definition) is 3. The summed E-state index contributed by atoms with van der Waals surface area (Å²) in [7, 11) is 0. The van der Waals surface area contributed by atoms with Crippen LogP contribution in [0.1, 0.15) is 17.3 Å². The molecule has 2 aromatic rings. The van der Waals surface area contributed by atoms with Gasteiger partial charge in [0.15, 0.2) is 0 Å². The minimum Gasteiger partial charge on any atom is -0.506 e. The third kappa shape index (κ3) is 2.15. The average Bonchev–Trinajstić information content (AvgIpc) is 2.30. The molecule has 82 valence electrons. The lowest BCUT2D eigenvalue weighted by Crippen LogP contribution is -2.13. The van der Waals surface area contributed by atoms with Gasteiger partial charge in [0.1, 0.15) is 11.4 Å². The summed E-state index contributed by atoms with van der Waals surface area (Å²) in [6.45, 7) is 0. The van der Waals surface area contributed by atoms with Crippen LogP contribution in [0.2, 0.25) is 5.02 Å². The number of aromatic hydroxyl groups is 1. The summed E-state index contributed by atoms with van der Waals surface area (Å²) >= 11 is 5.79. The lowest BCUT2D eigenvalue weighted by molar-refractivity contribution is 0.460. The van der Waals surface area contributed by atoms with E-state index in [-0.39, 0.29) is 5.75 Å². The quantitative estimate of drug-likeness (QED) is 0.839. The fraction of sp³-hybridized carbons (Fsp3) is 0.0833. The van der Waals surface area contributed by atoms with Gasteiger partial charge < -0.3 is 10.8 Å². The van der Waals surface area contributed by atoms with Crippen molar-refractivity contribution in [3.63, 3.8) is 0 Å². The number of hydrogen-bond donors (Lipinski definition) is 2. The zero-order valence-corrected chi connectivity index (χ0v) is 9.22. The number of halogens is 1. The first kappa shape index (κ1) is 10.9. The highest BCUT2D eigenvalue weighted by Gasteiger charge is 2.13. The number of nitrogens with zero attached hydrogens (tertiary/aromatic N) is 1. The Labute approximate surface area is 98.5 Å². The summed E-state index contributed by atoms with van der Waals surface area (Å²) in [4.78, 5) is 4.07. The van der Waals surface area contributed by atoms with Crippen molar-refractivity contribution in [3.05, 3.63) is 58.9 Å². The second-order valence-corrected chi connectivity index (χ2v) is 3.87. The Morgan fingerprint density at radius 1 is 1.19 bits per heavy atom.